The van der Waals surface area contributed by atoms with Gasteiger partial charge < -0.3 is 5.73 Å². The summed E-state index contributed by atoms with van der Waals surface area (Å²) in [7, 11) is 0. The maximum absolute atomic E-state index is 12.5. The van der Waals surface area contributed by atoms with Crippen molar-refractivity contribution in [2.45, 2.75) is 19.5 Å². The van der Waals surface area contributed by atoms with Gasteiger partial charge in [0.1, 0.15) is 0 Å². The summed E-state index contributed by atoms with van der Waals surface area (Å²) < 4.78 is 62.4. The first-order chi connectivity index (χ1) is 7.64. The maximum Gasteiger partial charge on any atom is 0.417 e. The Balaban J connectivity index is 3.53. The van der Waals surface area contributed by atoms with Crippen molar-refractivity contribution in [3.05, 3.63) is 28.8 Å². The molecule has 0 saturated carbocycles. The molecule has 0 aliphatic heterocycles. The molecule has 0 aromatic heterocycles. The molecular formula is C10H8F5NO. The molecule has 7 heteroatoms. The van der Waals surface area contributed by atoms with Gasteiger partial charge in [-0.15, -0.1) is 0 Å². The molecule has 0 saturated heterocycles. The fourth-order valence-electron chi connectivity index (χ4n) is 1.35. The molecule has 17 heavy (non-hydrogen) atoms. The smallest absolute Gasteiger partial charge is 0.398 e. The fourth-order valence-corrected chi connectivity index (χ4v) is 1.35. The van der Waals surface area contributed by atoms with Gasteiger partial charge in [-0.3, -0.25) is 4.79 Å². The predicted octanol–water partition coefficient (Wildman–Crippen LogP) is 3.43. The Labute approximate surface area is 93.2 Å². The molecule has 0 radical (unpaired) electrons. The van der Waals surface area contributed by atoms with Crippen LogP contribution in [-0.4, -0.2) is 5.78 Å². The topological polar surface area (TPSA) is 43.1 Å². The number of alkyl halides is 5. The van der Waals surface area contributed by atoms with Crippen LogP contribution in [0.3, 0.4) is 0 Å². The molecule has 0 heterocycles. The van der Waals surface area contributed by atoms with Gasteiger partial charge in [-0.25, -0.2) is 8.78 Å². The van der Waals surface area contributed by atoms with Crippen LogP contribution in [0.2, 0.25) is 0 Å². The third-order valence-corrected chi connectivity index (χ3v) is 2.14. The van der Waals surface area contributed by atoms with E-state index < -0.39 is 40.8 Å². The second-order valence-corrected chi connectivity index (χ2v) is 3.38. The summed E-state index contributed by atoms with van der Waals surface area (Å²) >= 11 is 0. The fraction of sp³-hybridized carbons (Fsp3) is 0.300. The number of hydrogen-bond acceptors (Lipinski definition) is 2. The Morgan fingerprint density at radius 1 is 1.29 bits per heavy atom. The number of anilines is 1. The van der Waals surface area contributed by atoms with Crippen LogP contribution >= 0.6 is 0 Å². The van der Waals surface area contributed by atoms with Gasteiger partial charge in [0, 0.05) is 16.8 Å². The van der Waals surface area contributed by atoms with Crippen molar-refractivity contribution in [3.63, 3.8) is 0 Å². The first kappa shape index (κ1) is 13.4. The summed E-state index contributed by atoms with van der Waals surface area (Å²) in [6.45, 7) is 0.871. The van der Waals surface area contributed by atoms with E-state index in [4.69, 9.17) is 5.73 Å². The zero-order chi connectivity index (χ0) is 13.4. The Morgan fingerprint density at radius 2 is 1.82 bits per heavy atom. The van der Waals surface area contributed by atoms with Crippen molar-refractivity contribution in [1.29, 1.82) is 0 Å². The standard InChI is InChI=1S/C10H8F5NO/c1-4(17)5-2-6(9(11)12)8(16)3-7(5)10(13,14)15/h2-3,9H,16H2,1H3. The lowest BCUT2D eigenvalue weighted by atomic mass is 9.99. The van der Waals surface area contributed by atoms with Gasteiger partial charge in [-0.2, -0.15) is 13.2 Å². The van der Waals surface area contributed by atoms with Crippen molar-refractivity contribution in [2.75, 3.05) is 5.73 Å². The minimum Gasteiger partial charge on any atom is -0.398 e. The molecule has 0 aliphatic rings. The number of halogens is 5. The molecule has 94 valence electrons. The number of benzene rings is 1. The molecule has 0 spiro atoms. The van der Waals surface area contributed by atoms with Crippen LogP contribution in [-0.2, 0) is 6.18 Å². The lowest BCUT2D eigenvalue weighted by Gasteiger charge is -2.14. The van der Waals surface area contributed by atoms with E-state index in [1.54, 1.807) is 0 Å². The van der Waals surface area contributed by atoms with Crippen LogP contribution in [0.5, 0.6) is 0 Å². The van der Waals surface area contributed by atoms with Gasteiger partial charge in [-0.1, -0.05) is 0 Å². The molecule has 0 unspecified atom stereocenters. The van der Waals surface area contributed by atoms with Crippen LogP contribution in [0.15, 0.2) is 12.1 Å². The van der Waals surface area contributed by atoms with Crippen molar-refractivity contribution >= 4 is 11.5 Å². The van der Waals surface area contributed by atoms with E-state index in [9.17, 15) is 26.7 Å². The number of carbonyl (C=O) groups is 1. The summed E-state index contributed by atoms with van der Waals surface area (Å²) in [5, 5.41) is 0. The van der Waals surface area contributed by atoms with Gasteiger partial charge in [0.05, 0.1) is 5.56 Å². The second-order valence-electron chi connectivity index (χ2n) is 3.38. The number of nitrogens with two attached hydrogens (primary N) is 1. The summed E-state index contributed by atoms with van der Waals surface area (Å²) in [6.07, 6.45) is -7.84. The lowest BCUT2D eigenvalue weighted by molar-refractivity contribution is -0.137. The molecule has 0 atom stereocenters. The molecule has 0 aliphatic carbocycles. The molecule has 2 nitrogen and oxygen atoms in total. The summed E-state index contributed by atoms with van der Waals surface area (Å²) in [5.41, 5.74) is 1.54. The molecule has 1 aromatic rings. The van der Waals surface area contributed by atoms with Crippen LogP contribution in [0.1, 0.15) is 34.8 Å². The van der Waals surface area contributed by atoms with Crippen molar-refractivity contribution < 1.29 is 26.7 Å². The minimum absolute atomic E-state index is 0.359. The highest BCUT2D eigenvalue weighted by Gasteiger charge is 2.35. The van der Waals surface area contributed by atoms with Crippen molar-refractivity contribution in [3.8, 4) is 0 Å². The number of hydrogen-bond donors (Lipinski definition) is 1. The largest absolute Gasteiger partial charge is 0.417 e. The SMILES string of the molecule is CC(=O)c1cc(C(F)F)c(N)cc1C(F)(F)F. The van der Waals surface area contributed by atoms with E-state index in [2.05, 4.69) is 0 Å². The zero-order valence-electron chi connectivity index (χ0n) is 8.61. The molecule has 0 bridgehead atoms. The Kier molecular flexibility index (Phi) is 3.40. The maximum atomic E-state index is 12.5. The minimum atomic E-state index is -4.81. The zero-order valence-corrected chi connectivity index (χ0v) is 8.61. The highest BCUT2D eigenvalue weighted by atomic mass is 19.4. The van der Waals surface area contributed by atoms with Crippen molar-refractivity contribution in [2.24, 2.45) is 0 Å². The average molecular weight is 253 g/mol. The van der Waals surface area contributed by atoms with Crippen molar-refractivity contribution in [1.82, 2.24) is 0 Å². The van der Waals surface area contributed by atoms with E-state index >= 15 is 0 Å². The van der Waals surface area contributed by atoms with Gasteiger partial charge in [0.2, 0.25) is 0 Å². The quantitative estimate of drug-likeness (QED) is 0.498. The van der Waals surface area contributed by atoms with Gasteiger partial charge in [0.15, 0.2) is 5.78 Å². The van der Waals surface area contributed by atoms with Gasteiger partial charge in [-0.05, 0) is 19.1 Å². The molecule has 1 rings (SSSR count). The number of Topliss-reactive ketones (excluding diaryl/α,β-unsaturated/α-hetero) is 1. The third kappa shape index (κ3) is 2.72. The Hall–Kier alpha value is -1.66. The molecule has 1 aromatic carbocycles. The molecule has 0 fully saturated rings. The van der Waals surface area contributed by atoms with Crippen LogP contribution in [0.25, 0.3) is 0 Å². The summed E-state index contributed by atoms with van der Waals surface area (Å²) in [4.78, 5) is 11.0. The van der Waals surface area contributed by atoms with E-state index in [1.165, 1.54) is 0 Å². The highest BCUT2D eigenvalue weighted by Crippen LogP contribution is 2.37. The number of ketones is 1. The second kappa shape index (κ2) is 4.31. The van der Waals surface area contributed by atoms with E-state index in [-0.39, 0.29) is 0 Å². The number of nitrogen functional groups attached to an aromatic ring is 1. The first-order valence-corrected chi connectivity index (χ1v) is 4.44. The molecular weight excluding hydrogens is 245 g/mol. The molecule has 0 amide bonds. The first-order valence-electron chi connectivity index (χ1n) is 4.44. The summed E-state index contributed by atoms with van der Waals surface area (Å²) in [5.74, 6) is -0.945. The van der Waals surface area contributed by atoms with Crippen LogP contribution in [0.4, 0.5) is 27.6 Å². The highest BCUT2D eigenvalue weighted by molar-refractivity contribution is 5.96. The monoisotopic (exact) mass is 253 g/mol. The number of carbonyl (C=O) groups excluding carboxylic acids is 1. The van der Waals surface area contributed by atoms with Crippen LogP contribution in [0, 0.1) is 0 Å². The average Bonchev–Trinajstić information content (AvgIpc) is 2.14. The van der Waals surface area contributed by atoms with E-state index in [0.717, 1.165) is 6.92 Å². The summed E-state index contributed by atoms with van der Waals surface area (Å²) in [6, 6.07) is 0.851. The van der Waals surface area contributed by atoms with E-state index in [1.807, 2.05) is 0 Å². The van der Waals surface area contributed by atoms with E-state index in [0.29, 0.717) is 12.1 Å². The lowest BCUT2D eigenvalue weighted by Crippen LogP contribution is -2.14. The number of rotatable bonds is 2. The normalized spacial score (nSPS) is 11.9. The predicted molar refractivity (Wildman–Crippen MR) is 50.8 cm³/mol. The Morgan fingerprint density at radius 3 is 2.18 bits per heavy atom. The Bertz CT molecular complexity index is 453. The molecule has 2 N–H and O–H groups in total. The van der Waals surface area contributed by atoms with Gasteiger partial charge in [0.25, 0.3) is 6.43 Å². The third-order valence-electron chi connectivity index (χ3n) is 2.14. The van der Waals surface area contributed by atoms with Crippen LogP contribution < -0.4 is 5.73 Å². The van der Waals surface area contributed by atoms with Gasteiger partial charge >= 0.3 is 6.18 Å².